The van der Waals surface area contributed by atoms with Gasteiger partial charge in [-0.3, -0.25) is 0 Å². The Morgan fingerprint density at radius 3 is 2.86 bits per heavy atom. The van der Waals surface area contributed by atoms with E-state index < -0.39 is 5.60 Å². The quantitative estimate of drug-likeness (QED) is 0.793. The number of nitrogens with zero attached hydrogens (tertiary/aromatic N) is 1. The first-order valence-corrected chi connectivity index (χ1v) is 7.62. The number of carbonyl (C=O) groups is 1. The summed E-state index contributed by atoms with van der Waals surface area (Å²) in [5, 5.41) is 0. The first kappa shape index (κ1) is 15.5. The third-order valence-corrected chi connectivity index (χ3v) is 4.35. The molecule has 0 aromatic rings. The van der Waals surface area contributed by atoms with Crippen LogP contribution in [-0.4, -0.2) is 61.9 Å². The number of fused-ring (bicyclic) bond motifs is 1. The first-order chi connectivity index (χ1) is 10.5. The fraction of sp³-hybridized carbons (Fsp3) is 0.688. The molecule has 2 saturated heterocycles. The standard InChI is InChI=1S/C16H23NO5/c1-11(17(3)15(18)22-16(2)8-19-9-16)6-12-4-5-13-14(7-12)21-10-20-13/h4-5,7,11,13-14H,6,8-10H2,1-3H3. The normalized spacial score (nSPS) is 30.0. The molecule has 3 unspecified atom stereocenters. The van der Waals surface area contributed by atoms with Crippen molar-refractivity contribution in [3.05, 3.63) is 23.8 Å². The average molecular weight is 309 g/mol. The molecule has 6 heteroatoms. The van der Waals surface area contributed by atoms with Crippen LogP contribution in [0.3, 0.4) is 0 Å². The third-order valence-electron chi connectivity index (χ3n) is 4.35. The highest BCUT2D eigenvalue weighted by Gasteiger charge is 2.39. The molecule has 2 heterocycles. The number of carbonyl (C=O) groups excluding carboxylic acids is 1. The van der Waals surface area contributed by atoms with Crippen molar-refractivity contribution in [2.45, 2.75) is 44.1 Å². The van der Waals surface area contributed by atoms with E-state index in [1.807, 2.05) is 26.0 Å². The summed E-state index contributed by atoms with van der Waals surface area (Å²) in [5.41, 5.74) is 0.675. The molecule has 3 aliphatic rings. The van der Waals surface area contributed by atoms with Gasteiger partial charge in [-0.2, -0.15) is 0 Å². The number of rotatable bonds is 4. The number of ether oxygens (including phenoxy) is 4. The van der Waals surface area contributed by atoms with E-state index in [0.29, 0.717) is 20.0 Å². The first-order valence-electron chi connectivity index (χ1n) is 7.62. The Hall–Kier alpha value is -1.37. The zero-order valence-corrected chi connectivity index (χ0v) is 13.3. The van der Waals surface area contributed by atoms with Crippen LogP contribution in [0.4, 0.5) is 4.79 Å². The van der Waals surface area contributed by atoms with E-state index in [1.165, 1.54) is 0 Å². The molecule has 1 aliphatic carbocycles. The van der Waals surface area contributed by atoms with Crippen molar-refractivity contribution in [1.29, 1.82) is 0 Å². The largest absolute Gasteiger partial charge is 0.438 e. The summed E-state index contributed by atoms with van der Waals surface area (Å²) >= 11 is 0. The van der Waals surface area contributed by atoms with Gasteiger partial charge in [0.05, 0.1) is 13.2 Å². The second-order valence-corrected chi connectivity index (χ2v) is 6.46. The summed E-state index contributed by atoms with van der Waals surface area (Å²) in [6, 6.07) is 0.0341. The lowest BCUT2D eigenvalue weighted by molar-refractivity contribution is -0.172. The SMILES string of the molecule is CC(CC1=CC2OCOC2C=C1)N(C)C(=O)OC1(C)COC1. The second-order valence-electron chi connectivity index (χ2n) is 6.46. The van der Waals surface area contributed by atoms with Gasteiger partial charge in [-0.15, -0.1) is 0 Å². The topological polar surface area (TPSA) is 57.2 Å². The van der Waals surface area contributed by atoms with Crippen LogP contribution in [0.15, 0.2) is 23.8 Å². The van der Waals surface area contributed by atoms with Crippen LogP contribution in [0.5, 0.6) is 0 Å². The lowest BCUT2D eigenvalue weighted by atomic mass is 9.97. The van der Waals surface area contributed by atoms with E-state index in [9.17, 15) is 4.79 Å². The molecule has 2 aliphatic heterocycles. The Balaban J connectivity index is 1.53. The van der Waals surface area contributed by atoms with Crippen molar-refractivity contribution in [2.24, 2.45) is 0 Å². The van der Waals surface area contributed by atoms with Crippen molar-refractivity contribution < 1.29 is 23.7 Å². The molecule has 0 N–H and O–H groups in total. The zero-order valence-electron chi connectivity index (χ0n) is 13.3. The molecule has 22 heavy (non-hydrogen) atoms. The van der Waals surface area contributed by atoms with Gasteiger partial charge >= 0.3 is 6.09 Å². The molecule has 0 saturated carbocycles. The molecule has 0 radical (unpaired) electrons. The number of allylic oxidation sites excluding steroid dienone is 1. The molecule has 122 valence electrons. The Morgan fingerprint density at radius 2 is 2.18 bits per heavy atom. The molecule has 2 fully saturated rings. The zero-order chi connectivity index (χ0) is 15.7. The molecule has 3 rings (SSSR count). The van der Waals surface area contributed by atoms with Crippen molar-refractivity contribution in [2.75, 3.05) is 27.1 Å². The van der Waals surface area contributed by atoms with Crippen LogP contribution in [0.25, 0.3) is 0 Å². The minimum atomic E-state index is -0.475. The maximum atomic E-state index is 12.2. The van der Waals surface area contributed by atoms with Crippen molar-refractivity contribution in [3.8, 4) is 0 Å². The Kier molecular flexibility index (Phi) is 4.25. The molecule has 0 bridgehead atoms. The lowest BCUT2D eigenvalue weighted by Gasteiger charge is -2.39. The highest BCUT2D eigenvalue weighted by Crippen LogP contribution is 2.26. The smallest absolute Gasteiger partial charge is 0.410 e. The molecule has 3 atom stereocenters. The number of amides is 1. The monoisotopic (exact) mass is 309 g/mol. The van der Waals surface area contributed by atoms with E-state index in [4.69, 9.17) is 18.9 Å². The van der Waals surface area contributed by atoms with E-state index in [-0.39, 0.29) is 24.3 Å². The minimum absolute atomic E-state index is 0.00417. The highest BCUT2D eigenvalue weighted by atomic mass is 16.7. The van der Waals surface area contributed by atoms with Gasteiger partial charge < -0.3 is 23.8 Å². The average Bonchev–Trinajstić information content (AvgIpc) is 2.92. The molecule has 6 nitrogen and oxygen atoms in total. The van der Waals surface area contributed by atoms with E-state index in [0.717, 1.165) is 12.0 Å². The van der Waals surface area contributed by atoms with Crippen LogP contribution in [0.2, 0.25) is 0 Å². The van der Waals surface area contributed by atoms with Gasteiger partial charge in [0, 0.05) is 13.1 Å². The molecular weight excluding hydrogens is 286 g/mol. The van der Waals surface area contributed by atoms with Gasteiger partial charge in [0.1, 0.15) is 19.0 Å². The van der Waals surface area contributed by atoms with Gasteiger partial charge in [-0.1, -0.05) is 12.2 Å². The van der Waals surface area contributed by atoms with Crippen LogP contribution >= 0.6 is 0 Å². The molecule has 0 aromatic carbocycles. The summed E-state index contributed by atoms with van der Waals surface area (Å²) in [6.45, 7) is 5.17. The fourth-order valence-electron chi connectivity index (χ4n) is 2.70. The van der Waals surface area contributed by atoms with Crippen LogP contribution in [-0.2, 0) is 18.9 Å². The van der Waals surface area contributed by atoms with Gasteiger partial charge in [0.2, 0.25) is 0 Å². The summed E-state index contributed by atoms with van der Waals surface area (Å²) in [4.78, 5) is 13.8. The Morgan fingerprint density at radius 1 is 1.45 bits per heavy atom. The molecular formula is C16H23NO5. The minimum Gasteiger partial charge on any atom is -0.438 e. The predicted molar refractivity (Wildman–Crippen MR) is 79.4 cm³/mol. The second kappa shape index (κ2) is 6.02. The summed E-state index contributed by atoms with van der Waals surface area (Å²) in [7, 11) is 1.76. The maximum absolute atomic E-state index is 12.2. The summed E-state index contributed by atoms with van der Waals surface area (Å²) in [5.74, 6) is 0. The predicted octanol–water partition coefficient (Wildman–Crippen LogP) is 1.86. The molecule has 0 spiro atoms. The van der Waals surface area contributed by atoms with E-state index in [1.54, 1.807) is 11.9 Å². The molecule has 1 amide bonds. The fourth-order valence-corrected chi connectivity index (χ4v) is 2.70. The van der Waals surface area contributed by atoms with Crippen LogP contribution in [0, 0.1) is 0 Å². The van der Waals surface area contributed by atoms with E-state index in [2.05, 4.69) is 6.08 Å². The van der Waals surface area contributed by atoms with Crippen molar-refractivity contribution in [1.82, 2.24) is 4.90 Å². The molecule has 0 aromatic heterocycles. The van der Waals surface area contributed by atoms with Gasteiger partial charge in [0.25, 0.3) is 0 Å². The number of hydrogen-bond donors (Lipinski definition) is 0. The third kappa shape index (κ3) is 3.19. The maximum Gasteiger partial charge on any atom is 0.410 e. The van der Waals surface area contributed by atoms with Gasteiger partial charge in [0.15, 0.2) is 5.60 Å². The summed E-state index contributed by atoms with van der Waals surface area (Å²) < 4.78 is 21.5. The van der Waals surface area contributed by atoms with Gasteiger partial charge in [-0.05, 0) is 31.9 Å². The van der Waals surface area contributed by atoms with Crippen molar-refractivity contribution >= 4 is 6.09 Å². The Labute approximate surface area is 130 Å². The van der Waals surface area contributed by atoms with Crippen LogP contribution < -0.4 is 0 Å². The number of hydrogen-bond acceptors (Lipinski definition) is 5. The summed E-state index contributed by atoms with van der Waals surface area (Å²) in [6.07, 6.45) is 6.61. The Bertz CT molecular complexity index is 497. The lowest BCUT2D eigenvalue weighted by Crippen LogP contribution is -2.53. The highest BCUT2D eigenvalue weighted by molar-refractivity contribution is 5.68. The van der Waals surface area contributed by atoms with E-state index >= 15 is 0 Å². The van der Waals surface area contributed by atoms with Crippen LogP contribution in [0.1, 0.15) is 20.3 Å². The van der Waals surface area contributed by atoms with Gasteiger partial charge in [-0.25, -0.2) is 4.79 Å². The van der Waals surface area contributed by atoms with Crippen molar-refractivity contribution in [3.63, 3.8) is 0 Å².